The van der Waals surface area contributed by atoms with Crippen molar-refractivity contribution in [2.45, 2.75) is 70.4 Å². The highest BCUT2D eigenvalue weighted by Gasteiger charge is 2.40. The molecule has 36 heavy (non-hydrogen) atoms. The summed E-state index contributed by atoms with van der Waals surface area (Å²) in [5, 5.41) is 19.7. The number of hydrogen-bond acceptors (Lipinski definition) is 6. The molecule has 2 amide bonds. The molecule has 0 spiro atoms. The first kappa shape index (κ1) is 25.1. The molecule has 10 nitrogen and oxygen atoms in total. The molecule has 1 unspecified atom stereocenters. The molecule has 1 aromatic carbocycles. The van der Waals surface area contributed by atoms with Crippen LogP contribution in [0.2, 0.25) is 0 Å². The van der Waals surface area contributed by atoms with Crippen molar-refractivity contribution in [2.24, 2.45) is 0 Å². The van der Waals surface area contributed by atoms with E-state index < -0.39 is 39.7 Å². The van der Waals surface area contributed by atoms with E-state index in [1.165, 1.54) is 0 Å². The van der Waals surface area contributed by atoms with Gasteiger partial charge in [-0.15, -0.1) is 0 Å². The predicted octanol–water partition coefficient (Wildman–Crippen LogP) is 1.97. The number of nitrogens with zero attached hydrogens (tertiary/aromatic N) is 3. The van der Waals surface area contributed by atoms with Crippen molar-refractivity contribution in [3.63, 3.8) is 0 Å². The number of amides is 2. The number of alkyl halides is 2. The molecular weight excluding hydrogens is 496 g/mol. The van der Waals surface area contributed by atoms with Gasteiger partial charge in [0.25, 0.3) is 6.43 Å². The fraction of sp³-hybridized carbons (Fsp3) is 0.565. The average Bonchev–Trinajstić information content (AvgIpc) is 3.60. The summed E-state index contributed by atoms with van der Waals surface area (Å²) in [6, 6.07) is 0.277. The van der Waals surface area contributed by atoms with E-state index in [9.17, 15) is 27.2 Å². The van der Waals surface area contributed by atoms with E-state index in [1.807, 2.05) is 0 Å². The lowest BCUT2D eigenvalue weighted by Crippen LogP contribution is -3.14. The SMILES string of the molecule is O=C(Nc1c2c(cc3c1CCC3)CCC2)[NH+]([O-])S(=O)(=O)N(c1cnn(CC(F)F)c1)C1CCOCC1. The van der Waals surface area contributed by atoms with E-state index in [0.717, 1.165) is 82.2 Å². The number of hydroxylamine groups is 1. The number of aryl methyl sites for hydroxylation is 2. The lowest BCUT2D eigenvalue weighted by atomic mass is 9.99. The van der Waals surface area contributed by atoms with Gasteiger partial charge in [-0.25, -0.2) is 17.9 Å². The Kier molecular flexibility index (Phi) is 6.99. The van der Waals surface area contributed by atoms with Gasteiger partial charge in [-0.05, 0) is 73.6 Å². The molecule has 1 fully saturated rings. The maximum Gasteiger partial charge on any atom is 0.436 e. The Balaban J connectivity index is 1.44. The zero-order chi connectivity index (χ0) is 25.4. The van der Waals surface area contributed by atoms with Crippen LogP contribution in [0, 0.1) is 5.21 Å². The van der Waals surface area contributed by atoms with Gasteiger partial charge in [0.1, 0.15) is 6.54 Å². The minimum absolute atomic E-state index is 0.0369. The fourth-order valence-electron chi connectivity index (χ4n) is 5.51. The summed E-state index contributed by atoms with van der Waals surface area (Å²) in [4.78, 5) is 13.1. The molecule has 196 valence electrons. The topological polar surface area (TPSA) is 121 Å². The number of urea groups is 1. The summed E-state index contributed by atoms with van der Waals surface area (Å²) in [6.45, 7) is -0.185. The van der Waals surface area contributed by atoms with Gasteiger partial charge in [-0.2, -0.15) is 18.0 Å². The van der Waals surface area contributed by atoms with Crippen LogP contribution in [-0.2, 0) is 47.2 Å². The largest absolute Gasteiger partial charge is 0.608 e. The maximum atomic E-state index is 13.6. The van der Waals surface area contributed by atoms with E-state index >= 15 is 0 Å². The van der Waals surface area contributed by atoms with Crippen molar-refractivity contribution in [3.05, 3.63) is 45.9 Å². The first-order chi connectivity index (χ1) is 17.3. The van der Waals surface area contributed by atoms with Crippen molar-refractivity contribution in [2.75, 3.05) is 22.8 Å². The molecule has 3 aliphatic rings. The monoisotopic (exact) mass is 525 g/mol. The summed E-state index contributed by atoms with van der Waals surface area (Å²) in [6.07, 6.45) is 5.33. The Bertz CT molecular complexity index is 1210. The van der Waals surface area contributed by atoms with Crippen LogP contribution in [-0.4, -0.2) is 49.9 Å². The Labute approximate surface area is 208 Å². The average molecular weight is 526 g/mol. The lowest BCUT2D eigenvalue weighted by molar-refractivity contribution is -0.604. The van der Waals surface area contributed by atoms with Crippen LogP contribution >= 0.6 is 0 Å². The zero-order valence-electron chi connectivity index (χ0n) is 19.7. The third kappa shape index (κ3) is 4.72. The number of hydrogen-bond donors (Lipinski definition) is 2. The van der Waals surface area contributed by atoms with Gasteiger partial charge in [-0.3, -0.25) is 10.00 Å². The Morgan fingerprint density at radius 3 is 2.44 bits per heavy atom. The van der Waals surface area contributed by atoms with E-state index in [4.69, 9.17) is 4.74 Å². The van der Waals surface area contributed by atoms with E-state index in [0.29, 0.717) is 5.69 Å². The van der Waals surface area contributed by atoms with Gasteiger partial charge in [0, 0.05) is 19.4 Å². The molecule has 5 rings (SSSR count). The molecular formula is C23H29F2N5O5S. The van der Waals surface area contributed by atoms with Crippen molar-refractivity contribution in [3.8, 4) is 0 Å². The summed E-state index contributed by atoms with van der Waals surface area (Å²) < 4.78 is 58.3. The normalized spacial score (nSPS) is 18.8. The second kappa shape index (κ2) is 10.0. The van der Waals surface area contributed by atoms with Crippen LogP contribution in [0.15, 0.2) is 18.5 Å². The molecule has 2 aromatic rings. The minimum atomic E-state index is -4.83. The van der Waals surface area contributed by atoms with Crippen LogP contribution in [0.1, 0.15) is 47.9 Å². The van der Waals surface area contributed by atoms with Crippen LogP contribution in [0.3, 0.4) is 0 Å². The number of carbonyl (C=O) groups excluding carboxylic acids is 1. The second-order valence-corrected chi connectivity index (χ2v) is 11.1. The predicted molar refractivity (Wildman–Crippen MR) is 127 cm³/mol. The number of fused-ring (bicyclic) bond motifs is 2. The molecule has 2 aliphatic carbocycles. The molecule has 1 aliphatic heterocycles. The quantitative estimate of drug-likeness (QED) is 0.534. The van der Waals surface area contributed by atoms with Gasteiger partial charge < -0.3 is 9.94 Å². The number of aromatic nitrogens is 2. The van der Waals surface area contributed by atoms with Crippen molar-refractivity contribution in [1.29, 1.82) is 0 Å². The summed E-state index contributed by atoms with van der Waals surface area (Å²) in [7, 11) is -4.83. The van der Waals surface area contributed by atoms with Crippen molar-refractivity contribution in [1.82, 2.24) is 9.78 Å². The Morgan fingerprint density at radius 1 is 1.19 bits per heavy atom. The minimum Gasteiger partial charge on any atom is -0.608 e. The van der Waals surface area contributed by atoms with Gasteiger partial charge in [0.2, 0.25) is 0 Å². The highest BCUT2D eigenvalue weighted by Crippen LogP contribution is 2.38. The van der Waals surface area contributed by atoms with E-state index in [1.54, 1.807) is 0 Å². The Hall–Kier alpha value is -2.61. The van der Waals surface area contributed by atoms with Gasteiger partial charge in [-0.1, -0.05) is 6.07 Å². The summed E-state index contributed by atoms with van der Waals surface area (Å²) in [5.41, 5.74) is 4.76. The molecule has 2 N–H and O–H groups in total. The lowest BCUT2D eigenvalue weighted by Gasteiger charge is -2.35. The van der Waals surface area contributed by atoms with Crippen molar-refractivity contribution >= 4 is 27.6 Å². The summed E-state index contributed by atoms with van der Waals surface area (Å²) >= 11 is 0. The smallest absolute Gasteiger partial charge is 0.436 e. The van der Waals surface area contributed by atoms with Crippen LogP contribution in [0.4, 0.5) is 25.0 Å². The standard InChI is InChI=1S/C23H29F2N5O5S/c24-21(25)14-28-13-18(12-26-28)29(17-7-9-35-10-8-17)36(33,34)30(32)23(31)27-22-19-5-1-3-15(19)11-16-4-2-6-20(16)22/h11-13,17,21,30H,1-10,14H2,(H,27,31). The van der Waals surface area contributed by atoms with Gasteiger partial charge in [0.05, 0.1) is 23.6 Å². The van der Waals surface area contributed by atoms with Gasteiger partial charge >= 0.3 is 16.2 Å². The fourth-order valence-corrected chi connectivity index (χ4v) is 6.95. The van der Waals surface area contributed by atoms with Gasteiger partial charge in [0.15, 0.2) is 0 Å². The molecule has 1 saturated heterocycles. The van der Waals surface area contributed by atoms with E-state index in [-0.39, 0.29) is 31.7 Å². The molecule has 0 saturated carbocycles. The number of benzene rings is 1. The van der Waals surface area contributed by atoms with Crippen LogP contribution in [0.25, 0.3) is 0 Å². The van der Waals surface area contributed by atoms with Crippen LogP contribution in [0.5, 0.6) is 0 Å². The molecule has 1 atom stereocenters. The first-order valence-electron chi connectivity index (χ1n) is 12.2. The Morgan fingerprint density at radius 2 is 1.83 bits per heavy atom. The maximum absolute atomic E-state index is 13.6. The number of ether oxygens (including phenoxy) is 1. The number of carbonyl (C=O) groups is 1. The molecule has 1 aromatic heterocycles. The first-order valence-corrected chi connectivity index (χ1v) is 13.6. The van der Waals surface area contributed by atoms with Crippen LogP contribution < -0.4 is 14.1 Å². The number of anilines is 2. The number of nitrogens with one attached hydrogen (secondary N) is 2. The highest BCUT2D eigenvalue weighted by atomic mass is 32.2. The molecule has 2 heterocycles. The number of halogens is 2. The molecule has 0 radical (unpaired) electrons. The second-order valence-electron chi connectivity index (χ2n) is 9.43. The third-order valence-electron chi connectivity index (χ3n) is 7.11. The summed E-state index contributed by atoms with van der Waals surface area (Å²) in [5.74, 6) is 0. The zero-order valence-corrected chi connectivity index (χ0v) is 20.5. The third-order valence-corrected chi connectivity index (χ3v) is 8.79. The molecule has 13 heteroatoms. The number of quaternary nitrogens is 1. The highest BCUT2D eigenvalue weighted by molar-refractivity contribution is 7.86. The van der Waals surface area contributed by atoms with Crippen molar-refractivity contribution < 1.29 is 31.2 Å². The van der Waals surface area contributed by atoms with E-state index in [2.05, 4.69) is 16.5 Å². The molecule has 0 bridgehead atoms. The number of rotatable bonds is 7.